The molecule has 1 aliphatic heterocycles. The van der Waals surface area contributed by atoms with Gasteiger partial charge in [0.1, 0.15) is 5.37 Å². The first-order valence-electron chi connectivity index (χ1n) is 6.29. The van der Waals surface area contributed by atoms with Crippen LogP contribution in [0, 0.1) is 6.92 Å². The van der Waals surface area contributed by atoms with E-state index in [9.17, 15) is 4.79 Å². The number of rotatable bonds is 2. The highest BCUT2D eigenvalue weighted by Crippen LogP contribution is 2.40. The van der Waals surface area contributed by atoms with Gasteiger partial charge in [0.05, 0.1) is 0 Å². The summed E-state index contributed by atoms with van der Waals surface area (Å²) in [6.07, 6.45) is 0. The molecule has 2 nitrogen and oxygen atoms in total. The van der Waals surface area contributed by atoms with Crippen molar-refractivity contribution in [3.8, 4) is 0 Å². The SMILES string of the molecule is Cc1ccccc1C(=O)N1CCSC1c1cccs1. The number of aryl methyl sites for hydroxylation is 1. The predicted molar refractivity (Wildman–Crippen MR) is 81.7 cm³/mol. The summed E-state index contributed by atoms with van der Waals surface area (Å²) in [4.78, 5) is 16.0. The molecule has 0 radical (unpaired) electrons. The normalized spacial score (nSPS) is 18.8. The second kappa shape index (κ2) is 5.39. The summed E-state index contributed by atoms with van der Waals surface area (Å²) >= 11 is 3.58. The Morgan fingerprint density at radius 1 is 1.26 bits per heavy atom. The molecule has 1 aromatic heterocycles. The first kappa shape index (κ1) is 12.8. The average molecular weight is 289 g/mol. The number of hydrogen-bond acceptors (Lipinski definition) is 3. The van der Waals surface area contributed by atoms with E-state index in [0.29, 0.717) is 0 Å². The van der Waals surface area contributed by atoms with Crippen molar-refractivity contribution in [3.63, 3.8) is 0 Å². The Kier molecular flexibility index (Phi) is 3.62. The van der Waals surface area contributed by atoms with Gasteiger partial charge >= 0.3 is 0 Å². The van der Waals surface area contributed by atoms with Crippen LogP contribution in [0.4, 0.5) is 0 Å². The average Bonchev–Trinajstić information content (AvgIpc) is 3.09. The van der Waals surface area contributed by atoms with Crippen molar-refractivity contribution in [2.24, 2.45) is 0 Å². The van der Waals surface area contributed by atoms with E-state index in [0.717, 1.165) is 23.4 Å². The standard InChI is InChI=1S/C15H15NOS2/c1-11-5-2-3-6-12(11)14(17)16-8-10-19-15(16)13-7-4-9-18-13/h2-7,9,15H,8,10H2,1H3. The van der Waals surface area contributed by atoms with Gasteiger partial charge in [0, 0.05) is 22.7 Å². The van der Waals surface area contributed by atoms with E-state index >= 15 is 0 Å². The smallest absolute Gasteiger partial charge is 0.255 e. The van der Waals surface area contributed by atoms with Crippen molar-refractivity contribution in [2.75, 3.05) is 12.3 Å². The van der Waals surface area contributed by atoms with Crippen LogP contribution in [0.5, 0.6) is 0 Å². The summed E-state index contributed by atoms with van der Waals surface area (Å²) in [6, 6.07) is 12.0. The molecule has 0 spiro atoms. The van der Waals surface area contributed by atoms with Crippen LogP contribution in [0.2, 0.25) is 0 Å². The lowest BCUT2D eigenvalue weighted by Gasteiger charge is -2.23. The monoisotopic (exact) mass is 289 g/mol. The number of carbonyl (C=O) groups is 1. The van der Waals surface area contributed by atoms with Crippen LogP contribution in [0.25, 0.3) is 0 Å². The Hall–Kier alpha value is -1.26. The molecular formula is C15H15NOS2. The van der Waals surface area contributed by atoms with Crippen LogP contribution in [-0.2, 0) is 0 Å². The minimum absolute atomic E-state index is 0.154. The van der Waals surface area contributed by atoms with Gasteiger partial charge in [-0.1, -0.05) is 24.3 Å². The van der Waals surface area contributed by atoms with Crippen LogP contribution < -0.4 is 0 Å². The number of nitrogens with zero attached hydrogens (tertiary/aromatic N) is 1. The summed E-state index contributed by atoms with van der Waals surface area (Å²) < 4.78 is 0. The molecule has 1 aliphatic rings. The number of hydrogen-bond donors (Lipinski definition) is 0. The summed E-state index contributed by atoms with van der Waals surface area (Å²) in [7, 11) is 0. The maximum Gasteiger partial charge on any atom is 0.255 e. The van der Waals surface area contributed by atoms with Crippen molar-refractivity contribution in [3.05, 3.63) is 57.8 Å². The van der Waals surface area contributed by atoms with E-state index < -0.39 is 0 Å². The van der Waals surface area contributed by atoms with Crippen LogP contribution in [0.1, 0.15) is 26.2 Å². The predicted octanol–water partition coefficient (Wildman–Crippen LogP) is 3.94. The highest BCUT2D eigenvalue weighted by Gasteiger charge is 2.32. The van der Waals surface area contributed by atoms with Crippen molar-refractivity contribution >= 4 is 29.0 Å². The van der Waals surface area contributed by atoms with Crippen molar-refractivity contribution in [1.82, 2.24) is 4.90 Å². The second-order valence-electron chi connectivity index (χ2n) is 4.55. The molecule has 1 atom stereocenters. The van der Waals surface area contributed by atoms with Crippen LogP contribution >= 0.6 is 23.1 Å². The third kappa shape index (κ3) is 2.42. The van der Waals surface area contributed by atoms with Gasteiger partial charge in [0.2, 0.25) is 0 Å². The lowest BCUT2D eigenvalue weighted by molar-refractivity contribution is 0.0761. The minimum atomic E-state index is 0.154. The summed E-state index contributed by atoms with van der Waals surface area (Å²) in [5.74, 6) is 1.17. The quantitative estimate of drug-likeness (QED) is 0.834. The molecule has 0 bridgehead atoms. The van der Waals surface area contributed by atoms with Gasteiger partial charge in [0.25, 0.3) is 5.91 Å². The molecule has 19 heavy (non-hydrogen) atoms. The van der Waals surface area contributed by atoms with Gasteiger partial charge in [-0.05, 0) is 30.0 Å². The Morgan fingerprint density at radius 3 is 2.84 bits per heavy atom. The molecule has 3 rings (SSSR count). The molecule has 98 valence electrons. The number of benzene rings is 1. The molecule has 0 saturated carbocycles. The zero-order valence-electron chi connectivity index (χ0n) is 10.7. The number of amides is 1. The fraction of sp³-hybridized carbons (Fsp3) is 0.267. The summed E-state index contributed by atoms with van der Waals surface area (Å²) in [5.41, 5.74) is 1.88. The highest BCUT2D eigenvalue weighted by molar-refractivity contribution is 7.99. The molecule has 1 amide bonds. The van der Waals surface area contributed by atoms with E-state index in [-0.39, 0.29) is 11.3 Å². The number of thioether (sulfide) groups is 1. The molecule has 1 saturated heterocycles. The van der Waals surface area contributed by atoms with E-state index in [4.69, 9.17) is 0 Å². The Bertz CT molecular complexity index is 580. The number of thiophene rings is 1. The van der Waals surface area contributed by atoms with Gasteiger partial charge in [-0.3, -0.25) is 4.79 Å². The fourth-order valence-corrected chi connectivity index (χ4v) is 4.55. The second-order valence-corrected chi connectivity index (χ2v) is 6.72. The lowest BCUT2D eigenvalue weighted by atomic mass is 10.1. The zero-order valence-corrected chi connectivity index (χ0v) is 12.3. The lowest BCUT2D eigenvalue weighted by Crippen LogP contribution is -2.30. The van der Waals surface area contributed by atoms with Crippen LogP contribution in [-0.4, -0.2) is 23.1 Å². The highest BCUT2D eigenvalue weighted by atomic mass is 32.2. The summed E-state index contributed by atoms with van der Waals surface area (Å²) in [5, 5.41) is 2.26. The maximum absolute atomic E-state index is 12.7. The Morgan fingerprint density at radius 2 is 2.11 bits per heavy atom. The van der Waals surface area contributed by atoms with Crippen molar-refractivity contribution in [2.45, 2.75) is 12.3 Å². The Balaban J connectivity index is 1.89. The van der Waals surface area contributed by atoms with Gasteiger partial charge in [-0.25, -0.2) is 0 Å². The van der Waals surface area contributed by atoms with Gasteiger partial charge in [-0.2, -0.15) is 0 Å². The van der Waals surface area contributed by atoms with Gasteiger partial charge in [0.15, 0.2) is 0 Å². The molecule has 1 aromatic carbocycles. The molecule has 2 heterocycles. The van der Waals surface area contributed by atoms with Gasteiger partial charge in [-0.15, -0.1) is 23.1 Å². The van der Waals surface area contributed by atoms with E-state index in [2.05, 4.69) is 17.5 Å². The van der Waals surface area contributed by atoms with Crippen molar-refractivity contribution in [1.29, 1.82) is 0 Å². The molecule has 2 aromatic rings. The molecular weight excluding hydrogens is 274 g/mol. The van der Waals surface area contributed by atoms with E-state index in [1.54, 1.807) is 11.3 Å². The third-order valence-electron chi connectivity index (χ3n) is 3.31. The molecule has 1 unspecified atom stereocenters. The first-order chi connectivity index (χ1) is 9.27. The van der Waals surface area contributed by atoms with Gasteiger partial charge < -0.3 is 4.90 Å². The maximum atomic E-state index is 12.7. The molecule has 1 fully saturated rings. The minimum Gasteiger partial charge on any atom is -0.321 e. The first-order valence-corrected chi connectivity index (χ1v) is 8.22. The molecule has 4 heteroatoms. The van der Waals surface area contributed by atoms with Crippen LogP contribution in [0.15, 0.2) is 41.8 Å². The number of carbonyl (C=O) groups excluding carboxylic acids is 1. The fourth-order valence-electron chi connectivity index (χ4n) is 2.31. The topological polar surface area (TPSA) is 20.3 Å². The van der Waals surface area contributed by atoms with Crippen LogP contribution in [0.3, 0.4) is 0 Å². The summed E-state index contributed by atoms with van der Waals surface area (Å²) in [6.45, 7) is 2.83. The third-order valence-corrected chi connectivity index (χ3v) is 5.63. The molecule has 0 aliphatic carbocycles. The molecule has 0 N–H and O–H groups in total. The van der Waals surface area contributed by atoms with Crippen molar-refractivity contribution < 1.29 is 4.79 Å². The van der Waals surface area contributed by atoms with E-state index in [1.807, 2.05) is 47.9 Å². The van der Waals surface area contributed by atoms with E-state index in [1.165, 1.54) is 4.88 Å². The largest absolute Gasteiger partial charge is 0.321 e. The Labute approximate surface area is 121 Å². The zero-order chi connectivity index (χ0) is 13.2.